The zero-order chi connectivity index (χ0) is 25.6. The molecule has 0 radical (unpaired) electrons. The summed E-state index contributed by atoms with van der Waals surface area (Å²) >= 11 is 0. The highest BCUT2D eigenvalue weighted by atomic mass is 16.5. The van der Waals surface area contributed by atoms with Crippen LogP contribution in [0, 0.1) is 11.3 Å². The van der Waals surface area contributed by atoms with Crippen molar-refractivity contribution in [1.82, 2.24) is 9.80 Å². The molecule has 36 heavy (non-hydrogen) atoms. The molecule has 6 heterocycles. The minimum atomic E-state index is -0.944. The van der Waals surface area contributed by atoms with Crippen LogP contribution in [0.25, 0.3) is 0 Å². The first-order chi connectivity index (χ1) is 16.8. The summed E-state index contributed by atoms with van der Waals surface area (Å²) in [6.45, 7) is 10.5. The van der Waals surface area contributed by atoms with Crippen LogP contribution in [0.2, 0.25) is 0 Å². The Kier molecular flexibility index (Phi) is 3.65. The van der Waals surface area contributed by atoms with Gasteiger partial charge in [-0.1, -0.05) is 19.9 Å². The van der Waals surface area contributed by atoms with Crippen molar-refractivity contribution in [2.45, 2.75) is 69.6 Å². The second-order valence-electron chi connectivity index (χ2n) is 12.5. The molecule has 2 bridgehead atoms. The van der Waals surface area contributed by atoms with E-state index < -0.39 is 27.5 Å². The third kappa shape index (κ3) is 2.06. The Morgan fingerprint density at radius 3 is 2.61 bits per heavy atom. The molecule has 1 aromatic rings. The zero-order valence-electron chi connectivity index (χ0n) is 21.5. The Bertz CT molecular complexity index is 1380. The molecule has 188 valence electrons. The fourth-order valence-corrected chi connectivity index (χ4v) is 8.52. The highest BCUT2D eigenvalue weighted by molar-refractivity contribution is 6.10. The van der Waals surface area contributed by atoms with Gasteiger partial charge in [0.25, 0.3) is 5.91 Å². The molecule has 8 nitrogen and oxygen atoms in total. The molecule has 1 saturated carbocycles. The van der Waals surface area contributed by atoms with E-state index in [2.05, 4.69) is 19.2 Å². The van der Waals surface area contributed by atoms with Crippen LogP contribution in [0.5, 0.6) is 11.5 Å². The molecule has 3 amide bonds. The van der Waals surface area contributed by atoms with Gasteiger partial charge in [0.05, 0.1) is 22.9 Å². The first-order valence-corrected chi connectivity index (χ1v) is 12.6. The predicted octanol–water partition coefficient (Wildman–Crippen LogP) is 3.13. The van der Waals surface area contributed by atoms with Crippen LogP contribution in [0.4, 0.5) is 5.69 Å². The molecule has 4 unspecified atom stereocenters. The molecule has 1 N–H and O–H groups in total. The highest BCUT2D eigenvalue weighted by Gasteiger charge is 2.80. The van der Waals surface area contributed by atoms with E-state index in [9.17, 15) is 14.4 Å². The highest BCUT2D eigenvalue weighted by Crippen LogP contribution is 2.72. The van der Waals surface area contributed by atoms with Gasteiger partial charge < -0.3 is 24.6 Å². The van der Waals surface area contributed by atoms with Crippen molar-refractivity contribution in [1.29, 1.82) is 0 Å². The van der Waals surface area contributed by atoms with E-state index in [0.717, 1.165) is 11.1 Å². The molecule has 1 aliphatic carbocycles. The van der Waals surface area contributed by atoms with Gasteiger partial charge in [-0.05, 0) is 68.2 Å². The van der Waals surface area contributed by atoms with E-state index in [0.29, 0.717) is 36.6 Å². The number of anilines is 1. The van der Waals surface area contributed by atoms with Crippen LogP contribution in [0.3, 0.4) is 0 Å². The Hall–Kier alpha value is -3.29. The molecule has 3 spiro atoms. The number of rotatable bonds is 0. The number of carbonyl (C=O) groups excluding carboxylic acids is 3. The van der Waals surface area contributed by atoms with E-state index in [1.807, 2.05) is 50.9 Å². The fraction of sp³-hybridized carbons (Fsp3) is 0.536. The number of piperazine rings is 1. The summed E-state index contributed by atoms with van der Waals surface area (Å²) in [4.78, 5) is 44.6. The van der Waals surface area contributed by atoms with Crippen molar-refractivity contribution in [2.75, 3.05) is 18.9 Å². The van der Waals surface area contributed by atoms with Crippen LogP contribution in [-0.4, -0.2) is 57.8 Å². The second kappa shape index (κ2) is 5.98. The molecule has 3 saturated heterocycles. The number of benzene rings is 1. The Morgan fingerprint density at radius 1 is 1.11 bits per heavy atom. The molecule has 4 atom stereocenters. The third-order valence-electron chi connectivity index (χ3n) is 10.4. The minimum Gasteiger partial charge on any atom is -0.480 e. The van der Waals surface area contributed by atoms with Gasteiger partial charge in [0.2, 0.25) is 11.8 Å². The number of nitrogens with one attached hydrogen (secondary N) is 1. The van der Waals surface area contributed by atoms with E-state index >= 15 is 0 Å². The number of piperidine rings is 2. The Labute approximate surface area is 210 Å². The third-order valence-corrected chi connectivity index (χ3v) is 10.4. The second-order valence-corrected chi connectivity index (χ2v) is 12.5. The summed E-state index contributed by atoms with van der Waals surface area (Å²) in [5.41, 5.74) is -1.22. The van der Waals surface area contributed by atoms with Gasteiger partial charge in [0.15, 0.2) is 11.5 Å². The lowest BCUT2D eigenvalue weighted by molar-refractivity contribution is -0.185. The van der Waals surface area contributed by atoms with Gasteiger partial charge in [0, 0.05) is 19.7 Å². The lowest BCUT2D eigenvalue weighted by atomic mass is 9.57. The lowest BCUT2D eigenvalue weighted by Crippen LogP contribution is -2.79. The summed E-state index contributed by atoms with van der Waals surface area (Å²) in [5, 5.41) is 3.15. The fourth-order valence-electron chi connectivity index (χ4n) is 8.52. The first-order valence-electron chi connectivity index (χ1n) is 12.6. The molecular weight excluding hydrogens is 458 g/mol. The topological polar surface area (TPSA) is 88.2 Å². The Balaban J connectivity index is 1.43. The van der Waals surface area contributed by atoms with Gasteiger partial charge in [-0.3, -0.25) is 14.4 Å². The molecule has 8 heteroatoms. The zero-order valence-corrected chi connectivity index (χ0v) is 21.5. The summed E-state index contributed by atoms with van der Waals surface area (Å²) in [6, 6.07) is 3.87. The smallest absolute Gasteiger partial charge is 0.253 e. The maximum atomic E-state index is 14.1. The summed E-state index contributed by atoms with van der Waals surface area (Å²) in [7, 11) is 1.85. The number of ether oxygens (including phenoxy) is 2. The molecule has 7 aliphatic rings. The quantitative estimate of drug-likeness (QED) is 0.605. The first kappa shape index (κ1) is 21.9. The van der Waals surface area contributed by atoms with Gasteiger partial charge in [0.1, 0.15) is 11.1 Å². The number of nitrogens with zero attached hydrogens (tertiary/aromatic N) is 2. The maximum absolute atomic E-state index is 14.1. The predicted molar refractivity (Wildman–Crippen MR) is 131 cm³/mol. The van der Waals surface area contributed by atoms with Crippen molar-refractivity contribution >= 4 is 23.4 Å². The normalized spacial score (nSPS) is 38.1. The largest absolute Gasteiger partial charge is 0.480 e. The number of carbonyl (C=O) groups is 3. The van der Waals surface area contributed by atoms with E-state index in [-0.39, 0.29) is 23.6 Å². The average molecular weight is 490 g/mol. The monoisotopic (exact) mass is 489 g/mol. The van der Waals surface area contributed by atoms with Crippen molar-refractivity contribution in [2.24, 2.45) is 11.3 Å². The summed E-state index contributed by atoms with van der Waals surface area (Å²) in [5.74, 6) is 0.867. The van der Waals surface area contributed by atoms with Crippen molar-refractivity contribution in [3.05, 3.63) is 41.7 Å². The SMILES string of the molecule is CC1=CC(=O)N2CC34CC5(C(=O)Nc6c5ccc5c6OC=CC(C)(C)O5)C(C)(C)C3CC12C(=O)N4C. The van der Waals surface area contributed by atoms with E-state index in [4.69, 9.17) is 9.47 Å². The van der Waals surface area contributed by atoms with Crippen molar-refractivity contribution < 1.29 is 23.9 Å². The van der Waals surface area contributed by atoms with Crippen LogP contribution in [0.15, 0.2) is 36.1 Å². The van der Waals surface area contributed by atoms with Crippen LogP contribution in [0.1, 0.15) is 53.0 Å². The molecular formula is C28H31N3O5. The molecule has 0 aromatic heterocycles. The average Bonchev–Trinajstić information content (AvgIpc) is 3.25. The molecule has 4 fully saturated rings. The Morgan fingerprint density at radius 2 is 1.86 bits per heavy atom. The number of amides is 3. The maximum Gasteiger partial charge on any atom is 0.253 e. The minimum absolute atomic E-state index is 0.0182. The number of fused-ring (bicyclic) bond motifs is 5. The van der Waals surface area contributed by atoms with Gasteiger partial charge >= 0.3 is 0 Å². The summed E-state index contributed by atoms with van der Waals surface area (Å²) < 4.78 is 12.2. The molecule has 1 aromatic carbocycles. The van der Waals surface area contributed by atoms with Crippen LogP contribution >= 0.6 is 0 Å². The van der Waals surface area contributed by atoms with Gasteiger partial charge in [-0.25, -0.2) is 0 Å². The van der Waals surface area contributed by atoms with Gasteiger partial charge in [-0.15, -0.1) is 0 Å². The number of hydrogen-bond donors (Lipinski definition) is 1. The van der Waals surface area contributed by atoms with Crippen LogP contribution in [-0.2, 0) is 19.8 Å². The lowest BCUT2D eigenvalue weighted by Gasteiger charge is -2.64. The number of likely N-dealkylation sites (N-methyl/N-ethyl adjacent to an activating group) is 1. The van der Waals surface area contributed by atoms with E-state index in [1.165, 1.54) is 0 Å². The summed E-state index contributed by atoms with van der Waals surface area (Å²) in [6.07, 6.45) is 6.05. The molecule has 8 rings (SSSR count). The standard InChI is InChI=1S/C28H31N3O5/c1-15-11-19(32)31-14-26-13-27(25(4,5)18(26)12-28(15,31)23(34)30(26)6)16-7-8-17-21(20(16)29-22(27)33)35-10-9-24(2,3)36-17/h7-11,18H,12-14H2,1-6H3,(H,29,33). The van der Waals surface area contributed by atoms with Gasteiger partial charge in [-0.2, -0.15) is 0 Å². The number of hydrogen-bond acceptors (Lipinski definition) is 5. The molecule has 6 aliphatic heterocycles. The van der Waals surface area contributed by atoms with Crippen molar-refractivity contribution in [3.8, 4) is 11.5 Å². The van der Waals surface area contributed by atoms with Crippen LogP contribution < -0.4 is 14.8 Å². The van der Waals surface area contributed by atoms with E-state index in [1.54, 1.807) is 17.2 Å². The van der Waals surface area contributed by atoms with Crippen molar-refractivity contribution in [3.63, 3.8) is 0 Å².